The zero-order valence-corrected chi connectivity index (χ0v) is 19.5. The molecule has 1 fully saturated rings. The SMILES string of the molecule is COc1ccccc1Oc1ccc(N2C[C@H](C(=O)OCC(=O)Nc3cccc(C)c3)CC2=O)cc1. The Labute approximate surface area is 203 Å². The molecule has 2 amide bonds. The van der Waals surface area contributed by atoms with E-state index in [9.17, 15) is 14.4 Å². The van der Waals surface area contributed by atoms with Crippen LogP contribution in [0.1, 0.15) is 12.0 Å². The Hall–Kier alpha value is -4.33. The van der Waals surface area contributed by atoms with Gasteiger partial charge in [0.25, 0.3) is 5.91 Å². The third-order valence-corrected chi connectivity index (χ3v) is 5.55. The fourth-order valence-electron chi connectivity index (χ4n) is 3.81. The lowest BCUT2D eigenvalue weighted by Gasteiger charge is -2.17. The van der Waals surface area contributed by atoms with Crippen LogP contribution in [0.4, 0.5) is 11.4 Å². The van der Waals surface area contributed by atoms with E-state index in [1.54, 1.807) is 49.6 Å². The first-order valence-electron chi connectivity index (χ1n) is 11.2. The molecular formula is C27H26N2O6. The Morgan fingerprint density at radius 2 is 1.74 bits per heavy atom. The van der Waals surface area contributed by atoms with Crippen LogP contribution in [0.2, 0.25) is 0 Å². The van der Waals surface area contributed by atoms with Crippen molar-refractivity contribution >= 4 is 29.2 Å². The molecule has 180 valence electrons. The van der Waals surface area contributed by atoms with E-state index < -0.39 is 24.4 Å². The summed E-state index contributed by atoms with van der Waals surface area (Å²) in [6.07, 6.45) is 0.0256. The minimum Gasteiger partial charge on any atom is -0.493 e. The van der Waals surface area contributed by atoms with E-state index in [0.717, 1.165) is 5.56 Å². The summed E-state index contributed by atoms with van der Waals surface area (Å²) >= 11 is 0. The molecule has 3 aromatic carbocycles. The Kier molecular flexibility index (Phi) is 7.30. The minimum absolute atomic E-state index is 0.0256. The van der Waals surface area contributed by atoms with Crippen LogP contribution in [-0.2, 0) is 19.1 Å². The summed E-state index contributed by atoms with van der Waals surface area (Å²) in [5.74, 6) is -0.0598. The molecule has 4 rings (SSSR count). The summed E-state index contributed by atoms with van der Waals surface area (Å²) in [6.45, 7) is 1.69. The molecule has 0 spiro atoms. The first kappa shape index (κ1) is 23.8. The predicted molar refractivity (Wildman–Crippen MR) is 131 cm³/mol. The van der Waals surface area contributed by atoms with Gasteiger partial charge in [-0.25, -0.2) is 0 Å². The Balaban J connectivity index is 1.31. The number of aryl methyl sites for hydroxylation is 1. The third kappa shape index (κ3) is 5.97. The van der Waals surface area contributed by atoms with Crippen LogP contribution in [0.15, 0.2) is 72.8 Å². The fourth-order valence-corrected chi connectivity index (χ4v) is 3.81. The molecule has 1 saturated heterocycles. The Bertz CT molecular complexity index is 1220. The Morgan fingerprint density at radius 3 is 2.46 bits per heavy atom. The van der Waals surface area contributed by atoms with E-state index in [4.69, 9.17) is 14.2 Å². The van der Waals surface area contributed by atoms with Gasteiger partial charge < -0.3 is 24.4 Å². The minimum atomic E-state index is -0.640. The molecule has 35 heavy (non-hydrogen) atoms. The number of esters is 1. The molecule has 1 aliphatic heterocycles. The van der Waals surface area contributed by atoms with Gasteiger partial charge in [-0.2, -0.15) is 0 Å². The van der Waals surface area contributed by atoms with Crippen LogP contribution in [0.3, 0.4) is 0 Å². The van der Waals surface area contributed by atoms with E-state index >= 15 is 0 Å². The number of anilines is 2. The molecule has 8 nitrogen and oxygen atoms in total. The number of ether oxygens (including phenoxy) is 3. The number of amides is 2. The molecule has 0 aromatic heterocycles. The van der Waals surface area contributed by atoms with E-state index in [-0.39, 0.29) is 18.9 Å². The number of carbonyl (C=O) groups excluding carboxylic acids is 3. The van der Waals surface area contributed by atoms with Crippen molar-refractivity contribution in [3.8, 4) is 17.2 Å². The number of rotatable bonds is 8. The molecule has 0 bridgehead atoms. The first-order valence-corrected chi connectivity index (χ1v) is 11.2. The largest absolute Gasteiger partial charge is 0.493 e. The number of benzene rings is 3. The fraction of sp³-hybridized carbons (Fsp3) is 0.222. The van der Waals surface area contributed by atoms with Crippen LogP contribution in [0.5, 0.6) is 17.2 Å². The van der Waals surface area contributed by atoms with Crippen molar-refractivity contribution in [1.29, 1.82) is 0 Å². The number of hydrogen-bond donors (Lipinski definition) is 1. The number of nitrogens with zero attached hydrogens (tertiary/aromatic N) is 1. The van der Waals surface area contributed by atoms with Crippen molar-refractivity contribution in [3.63, 3.8) is 0 Å². The molecule has 1 aliphatic rings. The molecule has 3 aromatic rings. The van der Waals surface area contributed by atoms with Crippen LogP contribution >= 0.6 is 0 Å². The molecule has 0 radical (unpaired) electrons. The predicted octanol–water partition coefficient (Wildman–Crippen LogP) is 4.33. The highest BCUT2D eigenvalue weighted by atomic mass is 16.5. The zero-order chi connectivity index (χ0) is 24.8. The van der Waals surface area contributed by atoms with Gasteiger partial charge in [0.1, 0.15) is 5.75 Å². The van der Waals surface area contributed by atoms with Crippen LogP contribution < -0.4 is 19.7 Å². The number of carbonyl (C=O) groups is 3. The van der Waals surface area contributed by atoms with Crippen molar-refractivity contribution in [2.45, 2.75) is 13.3 Å². The van der Waals surface area contributed by atoms with Crippen molar-refractivity contribution in [1.82, 2.24) is 0 Å². The molecule has 0 aliphatic carbocycles. The van der Waals surface area contributed by atoms with Gasteiger partial charge in [-0.3, -0.25) is 14.4 Å². The maximum Gasteiger partial charge on any atom is 0.311 e. The summed E-state index contributed by atoms with van der Waals surface area (Å²) in [4.78, 5) is 38.7. The molecule has 1 atom stereocenters. The number of nitrogens with one attached hydrogen (secondary N) is 1. The normalized spacial score (nSPS) is 15.0. The lowest BCUT2D eigenvalue weighted by atomic mass is 10.1. The number of hydrogen-bond acceptors (Lipinski definition) is 6. The second kappa shape index (κ2) is 10.7. The standard InChI is InChI=1S/C27H26N2O6/c1-18-6-5-7-20(14-18)28-25(30)17-34-27(32)19-15-26(31)29(16-19)21-10-12-22(13-11-21)35-24-9-4-3-8-23(24)33-2/h3-14,19H,15-17H2,1-2H3,(H,28,30)/t19-/m1/s1. The molecule has 0 unspecified atom stereocenters. The summed E-state index contributed by atoms with van der Waals surface area (Å²) in [7, 11) is 1.57. The molecule has 1 heterocycles. The summed E-state index contributed by atoms with van der Waals surface area (Å²) in [5, 5.41) is 2.69. The van der Waals surface area contributed by atoms with Gasteiger partial charge in [-0.15, -0.1) is 0 Å². The topological polar surface area (TPSA) is 94.2 Å². The quantitative estimate of drug-likeness (QED) is 0.489. The summed E-state index contributed by atoms with van der Waals surface area (Å²) in [6, 6.07) is 21.6. The van der Waals surface area contributed by atoms with Crippen molar-refractivity contribution in [2.75, 3.05) is 30.5 Å². The van der Waals surface area contributed by atoms with Gasteiger partial charge in [0.2, 0.25) is 5.91 Å². The highest BCUT2D eigenvalue weighted by Crippen LogP contribution is 2.33. The van der Waals surface area contributed by atoms with Gasteiger partial charge in [-0.05, 0) is 61.0 Å². The molecule has 1 N–H and O–H groups in total. The van der Waals surface area contributed by atoms with E-state index in [0.29, 0.717) is 28.6 Å². The second-order valence-electron chi connectivity index (χ2n) is 8.18. The van der Waals surface area contributed by atoms with Crippen LogP contribution in [-0.4, -0.2) is 38.0 Å². The Morgan fingerprint density at radius 1 is 1.00 bits per heavy atom. The molecule has 0 saturated carbocycles. The second-order valence-corrected chi connectivity index (χ2v) is 8.18. The molecule has 8 heteroatoms. The van der Waals surface area contributed by atoms with Gasteiger partial charge in [0, 0.05) is 24.3 Å². The van der Waals surface area contributed by atoms with Gasteiger partial charge >= 0.3 is 5.97 Å². The number of para-hydroxylation sites is 2. The van der Waals surface area contributed by atoms with Gasteiger partial charge in [0.15, 0.2) is 18.1 Å². The van der Waals surface area contributed by atoms with Crippen LogP contribution in [0.25, 0.3) is 0 Å². The van der Waals surface area contributed by atoms with Gasteiger partial charge in [-0.1, -0.05) is 24.3 Å². The highest BCUT2D eigenvalue weighted by molar-refractivity contribution is 6.00. The lowest BCUT2D eigenvalue weighted by molar-refractivity contribution is -0.151. The monoisotopic (exact) mass is 474 g/mol. The van der Waals surface area contributed by atoms with E-state index in [2.05, 4.69) is 5.32 Å². The molecular weight excluding hydrogens is 448 g/mol. The smallest absolute Gasteiger partial charge is 0.311 e. The maximum atomic E-state index is 12.6. The maximum absolute atomic E-state index is 12.6. The van der Waals surface area contributed by atoms with Crippen molar-refractivity contribution in [3.05, 3.63) is 78.4 Å². The third-order valence-electron chi connectivity index (χ3n) is 5.55. The van der Waals surface area contributed by atoms with Gasteiger partial charge in [0.05, 0.1) is 13.0 Å². The van der Waals surface area contributed by atoms with Crippen molar-refractivity contribution < 1.29 is 28.6 Å². The average molecular weight is 475 g/mol. The summed E-state index contributed by atoms with van der Waals surface area (Å²) < 4.78 is 16.3. The summed E-state index contributed by atoms with van der Waals surface area (Å²) in [5.41, 5.74) is 2.28. The average Bonchev–Trinajstić information content (AvgIpc) is 3.25. The number of methoxy groups -OCH3 is 1. The van der Waals surface area contributed by atoms with Crippen molar-refractivity contribution in [2.24, 2.45) is 5.92 Å². The van der Waals surface area contributed by atoms with E-state index in [1.165, 1.54) is 4.90 Å². The first-order chi connectivity index (χ1) is 16.9. The zero-order valence-electron chi connectivity index (χ0n) is 19.5. The van der Waals surface area contributed by atoms with E-state index in [1.807, 2.05) is 37.3 Å². The van der Waals surface area contributed by atoms with Crippen LogP contribution in [0, 0.1) is 12.8 Å². The highest BCUT2D eigenvalue weighted by Gasteiger charge is 2.36. The lowest BCUT2D eigenvalue weighted by Crippen LogP contribution is -2.28.